The first-order valence-corrected chi connectivity index (χ1v) is 8.23. The van der Waals surface area contributed by atoms with Crippen LogP contribution in [0.5, 0.6) is 0 Å². The minimum atomic E-state index is -4.72. The second kappa shape index (κ2) is 6.04. The minimum Gasteiger partial charge on any atom is -0.387 e. The van der Waals surface area contributed by atoms with E-state index in [-0.39, 0.29) is 16.3 Å². The standard InChI is InChI=1S/C10H12ClN4O7P/c11-8-5-9(13-2-12-8)15(3-14-5)10-7(17)6(16)4(22-10)1-21-23(18,19)20/h2-4,6-7,10,16-17H,1H2,(H2,18,19,20)/t4-,6-,7?,10-/m1/s1. The Kier molecular flexibility index (Phi) is 4.38. The van der Waals surface area contributed by atoms with E-state index in [9.17, 15) is 14.8 Å². The molecule has 11 nitrogen and oxygen atoms in total. The number of hydrogen-bond acceptors (Lipinski definition) is 8. The van der Waals surface area contributed by atoms with E-state index in [0.29, 0.717) is 0 Å². The fourth-order valence-corrected chi connectivity index (χ4v) is 2.79. The molecule has 4 N–H and O–H groups in total. The molecule has 0 aromatic carbocycles. The van der Waals surface area contributed by atoms with Crippen LogP contribution in [0.4, 0.5) is 0 Å². The van der Waals surface area contributed by atoms with E-state index in [0.717, 1.165) is 0 Å². The van der Waals surface area contributed by atoms with Gasteiger partial charge in [-0.05, 0) is 0 Å². The predicted octanol–water partition coefficient (Wildman–Crippen LogP) is -0.792. The molecular formula is C10H12ClN4O7P. The molecule has 1 unspecified atom stereocenters. The number of ether oxygens (including phenoxy) is 1. The molecule has 1 fully saturated rings. The second-order valence-electron chi connectivity index (χ2n) is 4.82. The molecule has 0 bridgehead atoms. The zero-order chi connectivity index (χ0) is 16.8. The predicted molar refractivity (Wildman–Crippen MR) is 74.3 cm³/mol. The molecule has 3 rings (SSSR count). The maximum absolute atomic E-state index is 10.7. The summed E-state index contributed by atoms with van der Waals surface area (Å²) in [5.74, 6) is 0. The van der Waals surface area contributed by atoms with Crippen LogP contribution in [0.3, 0.4) is 0 Å². The Morgan fingerprint density at radius 1 is 1.30 bits per heavy atom. The number of aliphatic hydroxyl groups is 2. The molecule has 23 heavy (non-hydrogen) atoms. The van der Waals surface area contributed by atoms with Crippen LogP contribution in [0.1, 0.15) is 6.23 Å². The summed E-state index contributed by atoms with van der Waals surface area (Å²) in [6.45, 7) is -0.596. The van der Waals surface area contributed by atoms with Crippen molar-refractivity contribution < 1.29 is 33.8 Å². The highest BCUT2D eigenvalue weighted by Gasteiger charge is 2.45. The van der Waals surface area contributed by atoms with Gasteiger partial charge in [-0.3, -0.25) is 9.09 Å². The monoisotopic (exact) mass is 366 g/mol. The van der Waals surface area contributed by atoms with Gasteiger partial charge in [0.05, 0.1) is 12.9 Å². The number of imidazole rings is 1. The molecule has 4 atom stereocenters. The average molecular weight is 367 g/mol. The molecule has 0 amide bonds. The first-order valence-electron chi connectivity index (χ1n) is 6.32. The van der Waals surface area contributed by atoms with Crippen molar-refractivity contribution in [2.24, 2.45) is 0 Å². The van der Waals surface area contributed by atoms with E-state index in [1.807, 2.05) is 0 Å². The molecule has 2 aromatic heterocycles. The maximum Gasteiger partial charge on any atom is 0.469 e. The molecule has 0 saturated carbocycles. The van der Waals surface area contributed by atoms with Gasteiger partial charge in [-0.15, -0.1) is 0 Å². The van der Waals surface area contributed by atoms with Crippen molar-refractivity contribution in [1.29, 1.82) is 0 Å². The van der Waals surface area contributed by atoms with E-state index in [1.165, 1.54) is 17.2 Å². The fourth-order valence-electron chi connectivity index (χ4n) is 2.28. The van der Waals surface area contributed by atoms with Gasteiger partial charge < -0.3 is 24.7 Å². The van der Waals surface area contributed by atoms with Gasteiger partial charge in [0.2, 0.25) is 0 Å². The number of phosphoric acid groups is 1. The third kappa shape index (κ3) is 3.23. The van der Waals surface area contributed by atoms with Crippen molar-refractivity contribution >= 4 is 30.6 Å². The Hall–Kier alpha value is -1.17. The number of aromatic nitrogens is 4. The number of phosphoric ester groups is 1. The summed E-state index contributed by atoms with van der Waals surface area (Å²) in [4.78, 5) is 29.2. The lowest BCUT2D eigenvalue weighted by molar-refractivity contribution is -0.0504. The SMILES string of the molecule is O=P(O)(O)OC[C@H]1O[C@@H](n2cnc3c(Cl)ncnc32)C(O)[C@@H]1O. The van der Waals surface area contributed by atoms with Crippen LogP contribution >= 0.6 is 19.4 Å². The van der Waals surface area contributed by atoms with Crippen molar-refractivity contribution in [3.05, 3.63) is 17.8 Å². The smallest absolute Gasteiger partial charge is 0.387 e. The number of aliphatic hydroxyl groups excluding tert-OH is 2. The highest BCUT2D eigenvalue weighted by Crippen LogP contribution is 2.38. The van der Waals surface area contributed by atoms with Crippen LogP contribution in [0, 0.1) is 0 Å². The largest absolute Gasteiger partial charge is 0.469 e. The normalized spacial score (nSPS) is 28.6. The molecule has 126 valence electrons. The number of nitrogens with zero attached hydrogens (tertiary/aromatic N) is 4. The van der Waals surface area contributed by atoms with Gasteiger partial charge in [0, 0.05) is 0 Å². The molecular weight excluding hydrogens is 355 g/mol. The summed E-state index contributed by atoms with van der Waals surface area (Å²) in [7, 11) is -4.72. The van der Waals surface area contributed by atoms with Crippen molar-refractivity contribution in [3.8, 4) is 0 Å². The Morgan fingerprint density at radius 2 is 2.04 bits per heavy atom. The summed E-state index contributed by atoms with van der Waals surface area (Å²) >= 11 is 5.88. The van der Waals surface area contributed by atoms with Gasteiger partial charge in [-0.2, -0.15) is 0 Å². The lowest BCUT2D eigenvalue weighted by Crippen LogP contribution is -2.33. The number of hydrogen-bond donors (Lipinski definition) is 4. The molecule has 13 heteroatoms. The molecule has 0 radical (unpaired) electrons. The van der Waals surface area contributed by atoms with Gasteiger partial charge in [0.15, 0.2) is 17.0 Å². The zero-order valence-corrected chi connectivity index (χ0v) is 12.9. The molecule has 2 aromatic rings. The topological polar surface area (TPSA) is 160 Å². The summed E-state index contributed by atoms with van der Waals surface area (Å²) < 4.78 is 21.8. The van der Waals surface area contributed by atoms with E-state index in [4.69, 9.17) is 26.1 Å². The molecule has 3 heterocycles. The van der Waals surface area contributed by atoms with Crippen LogP contribution in [0.25, 0.3) is 11.2 Å². The van der Waals surface area contributed by atoms with Gasteiger partial charge in [0.1, 0.15) is 30.2 Å². The Balaban J connectivity index is 1.85. The lowest BCUT2D eigenvalue weighted by Gasteiger charge is -2.16. The molecule has 0 spiro atoms. The van der Waals surface area contributed by atoms with Crippen LogP contribution in [-0.2, 0) is 13.8 Å². The summed E-state index contributed by atoms with van der Waals surface area (Å²) in [6, 6.07) is 0. The summed E-state index contributed by atoms with van der Waals surface area (Å²) in [5, 5.41) is 20.2. The Labute approximate surface area is 133 Å². The van der Waals surface area contributed by atoms with Crippen molar-refractivity contribution in [3.63, 3.8) is 0 Å². The van der Waals surface area contributed by atoms with Crippen LogP contribution in [-0.4, -0.2) is 64.4 Å². The van der Waals surface area contributed by atoms with E-state index >= 15 is 0 Å². The molecule has 1 aliphatic rings. The number of rotatable bonds is 4. The van der Waals surface area contributed by atoms with E-state index in [1.54, 1.807) is 0 Å². The third-order valence-corrected chi connectivity index (χ3v) is 4.09. The lowest BCUT2D eigenvalue weighted by atomic mass is 10.1. The fraction of sp³-hybridized carbons (Fsp3) is 0.500. The van der Waals surface area contributed by atoms with Crippen LogP contribution in [0.2, 0.25) is 5.15 Å². The second-order valence-corrected chi connectivity index (χ2v) is 6.42. The Morgan fingerprint density at radius 3 is 2.74 bits per heavy atom. The van der Waals surface area contributed by atoms with Crippen LogP contribution < -0.4 is 0 Å². The number of fused-ring (bicyclic) bond motifs is 1. The van der Waals surface area contributed by atoms with Crippen molar-refractivity contribution in [1.82, 2.24) is 19.5 Å². The van der Waals surface area contributed by atoms with Gasteiger partial charge in [0.25, 0.3) is 0 Å². The maximum atomic E-state index is 10.7. The van der Waals surface area contributed by atoms with Crippen molar-refractivity contribution in [2.45, 2.75) is 24.5 Å². The minimum absolute atomic E-state index is 0.114. The van der Waals surface area contributed by atoms with E-state index < -0.39 is 39.0 Å². The highest BCUT2D eigenvalue weighted by atomic mass is 35.5. The quantitative estimate of drug-likeness (QED) is 0.398. The first-order chi connectivity index (χ1) is 10.8. The van der Waals surface area contributed by atoms with Crippen molar-refractivity contribution in [2.75, 3.05) is 6.61 Å². The van der Waals surface area contributed by atoms with E-state index in [2.05, 4.69) is 19.5 Å². The van der Waals surface area contributed by atoms with Gasteiger partial charge in [-0.1, -0.05) is 11.6 Å². The van der Waals surface area contributed by atoms with Crippen LogP contribution in [0.15, 0.2) is 12.7 Å². The highest BCUT2D eigenvalue weighted by molar-refractivity contribution is 7.46. The third-order valence-electron chi connectivity index (χ3n) is 3.33. The first kappa shape index (κ1) is 16.7. The Bertz CT molecular complexity index is 767. The van der Waals surface area contributed by atoms with Gasteiger partial charge in [-0.25, -0.2) is 19.5 Å². The molecule has 1 saturated heterocycles. The zero-order valence-electron chi connectivity index (χ0n) is 11.3. The summed E-state index contributed by atoms with van der Waals surface area (Å²) in [6.07, 6.45) is -2.51. The average Bonchev–Trinajstić information content (AvgIpc) is 3.01. The number of halogens is 1. The summed E-state index contributed by atoms with van der Waals surface area (Å²) in [5.41, 5.74) is 0.562. The molecule has 0 aliphatic carbocycles. The van der Waals surface area contributed by atoms with Gasteiger partial charge >= 0.3 is 7.82 Å². The molecule has 1 aliphatic heterocycles.